The number of nitrogens with one attached hydrogen (secondary N) is 1. The van der Waals surface area contributed by atoms with E-state index in [-0.39, 0.29) is 0 Å². The molecule has 2 heterocycles. The topological polar surface area (TPSA) is 78.4 Å². The summed E-state index contributed by atoms with van der Waals surface area (Å²) in [5, 5.41) is 18.1. The van der Waals surface area contributed by atoms with E-state index in [0.29, 0.717) is 23.1 Å². The lowest BCUT2D eigenvalue weighted by Crippen LogP contribution is -2.38. The highest BCUT2D eigenvalue weighted by Gasteiger charge is 2.40. The molecule has 32 heavy (non-hydrogen) atoms. The van der Waals surface area contributed by atoms with Crippen LogP contribution in [0.25, 0.3) is 16.6 Å². The molecule has 2 aromatic heterocycles. The molecule has 2 aliphatic carbocycles. The summed E-state index contributed by atoms with van der Waals surface area (Å²) in [5.41, 5.74) is 6.87. The van der Waals surface area contributed by atoms with Crippen molar-refractivity contribution in [1.29, 1.82) is 5.26 Å². The van der Waals surface area contributed by atoms with Crippen LogP contribution in [0.2, 0.25) is 0 Å². The molecule has 2 saturated carbocycles. The number of aryl methyl sites for hydroxylation is 1. The molecule has 164 valence electrons. The van der Waals surface area contributed by atoms with Crippen LogP contribution in [0.5, 0.6) is 0 Å². The summed E-state index contributed by atoms with van der Waals surface area (Å²) < 4.78 is 1.79. The molecule has 0 bridgehead atoms. The molecule has 1 spiro atoms. The van der Waals surface area contributed by atoms with E-state index in [0.717, 1.165) is 46.4 Å². The van der Waals surface area contributed by atoms with Crippen molar-refractivity contribution in [3.63, 3.8) is 0 Å². The fourth-order valence-electron chi connectivity index (χ4n) is 5.32. The van der Waals surface area contributed by atoms with Gasteiger partial charge < -0.3 is 5.32 Å². The lowest BCUT2D eigenvalue weighted by molar-refractivity contribution is 0.0729. The van der Waals surface area contributed by atoms with E-state index in [1.165, 1.54) is 32.1 Å². The Labute approximate surface area is 189 Å². The summed E-state index contributed by atoms with van der Waals surface area (Å²) in [6.07, 6.45) is 11.0. The Kier molecular flexibility index (Phi) is 5.21. The minimum atomic E-state index is 0.387. The van der Waals surface area contributed by atoms with E-state index >= 15 is 0 Å². The van der Waals surface area contributed by atoms with E-state index in [9.17, 15) is 5.26 Å². The van der Waals surface area contributed by atoms with Gasteiger partial charge in [-0.25, -0.2) is 4.52 Å². The predicted molar refractivity (Wildman–Crippen MR) is 128 cm³/mol. The minimum absolute atomic E-state index is 0.387. The normalized spacial score (nSPS) is 17.7. The van der Waals surface area contributed by atoms with Crippen LogP contribution in [0.15, 0.2) is 35.5 Å². The monoisotopic (exact) mass is 426 g/mol. The van der Waals surface area contributed by atoms with E-state index in [2.05, 4.69) is 40.4 Å². The third-order valence-electron chi connectivity index (χ3n) is 7.26. The summed E-state index contributed by atoms with van der Waals surface area (Å²) in [6, 6.07) is 10.9. The third-order valence-corrected chi connectivity index (χ3v) is 7.26. The predicted octanol–water partition coefficient (Wildman–Crippen LogP) is 6.21. The van der Waals surface area contributed by atoms with Gasteiger partial charge in [-0.2, -0.15) is 10.2 Å². The van der Waals surface area contributed by atoms with Gasteiger partial charge in [0, 0.05) is 23.5 Å². The summed E-state index contributed by atoms with van der Waals surface area (Å²) in [5.74, 6) is 0.546. The number of hydrogen-bond acceptors (Lipinski definition) is 5. The SMILES string of the molecule is CC(C)=Nc1ccc(-c2ccn3nc(NC4CCC5(CCC5)CC4)nc(C#N)c23)cc1C. The van der Waals surface area contributed by atoms with Crippen LogP contribution in [0.1, 0.15) is 70.1 Å². The van der Waals surface area contributed by atoms with Crippen molar-refractivity contribution in [2.75, 3.05) is 5.32 Å². The first kappa shape index (κ1) is 20.7. The van der Waals surface area contributed by atoms with Gasteiger partial charge in [-0.05, 0) is 94.0 Å². The van der Waals surface area contributed by atoms with Crippen LogP contribution >= 0.6 is 0 Å². The number of anilines is 1. The van der Waals surface area contributed by atoms with Gasteiger partial charge in [0.1, 0.15) is 11.6 Å². The van der Waals surface area contributed by atoms with Crippen molar-refractivity contribution in [2.45, 2.75) is 71.8 Å². The Morgan fingerprint density at radius 3 is 2.59 bits per heavy atom. The standard InChI is InChI=1S/C26H30N6/c1-17(2)28-22-6-5-19(15-18(22)3)21-9-14-32-24(21)23(16-27)30-25(31-32)29-20-7-12-26(13-8-20)10-4-11-26/h5-6,9,14-15,20H,4,7-8,10-13H2,1-3H3,(H,29,31). The molecular weight excluding hydrogens is 396 g/mol. The van der Waals surface area contributed by atoms with Crippen molar-refractivity contribution in [2.24, 2.45) is 10.4 Å². The Morgan fingerprint density at radius 2 is 1.97 bits per heavy atom. The number of hydrogen-bond donors (Lipinski definition) is 1. The second-order valence-electron chi connectivity index (χ2n) is 9.75. The first-order chi connectivity index (χ1) is 15.5. The molecule has 2 fully saturated rings. The minimum Gasteiger partial charge on any atom is -0.350 e. The smallest absolute Gasteiger partial charge is 0.242 e. The number of fused-ring (bicyclic) bond motifs is 1. The highest BCUT2D eigenvalue weighted by Crippen LogP contribution is 2.51. The number of aliphatic imine (C=N–C) groups is 1. The molecule has 0 amide bonds. The van der Waals surface area contributed by atoms with Gasteiger partial charge in [-0.15, -0.1) is 5.10 Å². The molecule has 6 nitrogen and oxygen atoms in total. The van der Waals surface area contributed by atoms with Crippen molar-refractivity contribution < 1.29 is 0 Å². The number of nitrogens with zero attached hydrogens (tertiary/aromatic N) is 5. The Hall–Kier alpha value is -3.20. The molecule has 0 aliphatic heterocycles. The molecule has 6 heteroatoms. The molecule has 2 aliphatic rings. The van der Waals surface area contributed by atoms with E-state index in [1.807, 2.05) is 32.2 Å². The van der Waals surface area contributed by atoms with Crippen LogP contribution in [0.3, 0.4) is 0 Å². The lowest BCUT2D eigenvalue weighted by Gasteiger charge is -2.47. The summed E-state index contributed by atoms with van der Waals surface area (Å²) in [7, 11) is 0. The highest BCUT2D eigenvalue weighted by atomic mass is 15.3. The van der Waals surface area contributed by atoms with Gasteiger partial charge in [0.15, 0.2) is 5.69 Å². The average molecular weight is 427 g/mol. The lowest BCUT2D eigenvalue weighted by atomic mass is 9.60. The summed E-state index contributed by atoms with van der Waals surface area (Å²) in [6.45, 7) is 6.05. The van der Waals surface area contributed by atoms with Gasteiger partial charge in [-0.3, -0.25) is 4.99 Å². The molecule has 0 atom stereocenters. The van der Waals surface area contributed by atoms with Gasteiger partial charge in [0.2, 0.25) is 5.95 Å². The van der Waals surface area contributed by atoms with Gasteiger partial charge >= 0.3 is 0 Å². The zero-order valence-electron chi connectivity index (χ0n) is 19.1. The Bertz CT molecular complexity index is 1230. The fraction of sp³-hybridized carbons (Fsp3) is 0.462. The van der Waals surface area contributed by atoms with Gasteiger partial charge in [-0.1, -0.05) is 12.5 Å². The molecule has 0 radical (unpaired) electrons. The average Bonchev–Trinajstić information content (AvgIpc) is 3.18. The maximum Gasteiger partial charge on any atom is 0.242 e. The zero-order chi connectivity index (χ0) is 22.3. The number of rotatable bonds is 4. The summed E-state index contributed by atoms with van der Waals surface area (Å²) in [4.78, 5) is 9.18. The molecule has 0 unspecified atom stereocenters. The van der Waals surface area contributed by atoms with Crippen molar-refractivity contribution >= 4 is 22.9 Å². The number of benzene rings is 1. The number of nitriles is 1. The maximum atomic E-state index is 9.86. The van der Waals surface area contributed by atoms with Crippen molar-refractivity contribution in [3.05, 3.63) is 41.7 Å². The van der Waals surface area contributed by atoms with E-state index in [4.69, 9.17) is 5.10 Å². The van der Waals surface area contributed by atoms with Gasteiger partial charge in [0.25, 0.3) is 0 Å². The zero-order valence-corrected chi connectivity index (χ0v) is 19.1. The van der Waals surface area contributed by atoms with Gasteiger partial charge in [0.05, 0.1) is 5.69 Å². The third kappa shape index (κ3) is 3.77. The second kappa shape index (κ2) is 8.05. The molecule has 0 saturated heterocycles. The van der Waals surface area contributed by atoms with Crippen molar-refractivity contribution in [1.82, 2.24) is 14.6 Å². The molecular formula is C26H30N6. The largest absolute Gasteiger partial charge is 0.350 e. The van der Waals surface area contributed by atoms with Crippen molar-refractivity contribution in [3.8, 4) is 17.2 Å². The Morgan fingerprint density at radius 1 is 1.19 bits per heavy atom. The van der Waals surface area contributed by atoms with Crippen LogP contribution < -0.4 is 5.32 Å². The number of aromatic nitrogens is 3. The quantitative estimate of drug-likeness (QED) is 0.503. The Balaban J connectivity index is 1.43. The van der Waals surface area contributed by atoms with E-state index < -0.39 is 0 Å². The maximum absolute atomic E-state index is 9.86. The molecule has 5 rings (SSSR count). The molecule has 1 N–H and O–H groups in total. The van der Waals surface area contributed by atoms with E-state index in [1.54, 1.807) is 4.52 Å². The molecule has 3 aromatic rings. The molecule has 1 aromatic carbocycles. The van der Waals surface area contributed by atoms with Crippen LogP contribution in [0, 0.1) is 23.7 Å². The first-order valence-electron chi connectivity index (χ1n) is 11.7. The first-order valence-corrected chi connectivity index (χ1v) is 11.7. The highest BCUT2D eigenvalue weighted by molar-refractivity contribution is 5.86. The fourth-order valence-corrected chi connectivity index (χ4v) is 5.32. The van der Waals surface area contributed by atoms with Crippen LogP contribution in [-0.4, -0.2) is 26.4 Å². The van der Waals surface area contributed by atoms with Crippen LogP contribution in [0.4, 0.5) is 11.6 Å². The second-order valence-corrected chi connectivity index (χ2v) is 9.75. The summed E-state index contributed by atoms with van der Waals surface area (Å²) >= 11 is 0. The van der Waals surface area contributed by atoms with Crippen LogP contribution in [-0.2, 0) is 0 Å².